The quantitative estimate of drug-likeness (QED) is 0.598. The van der Waals surface area contributed by atoms with Gasteiger partial charge in [0.25, 0.3) is 0 Å². The van der Waals surface area contributed by atoms with Crippen molar-refractivity contribution in [1.82, 2.24) is 10.2 Å². The van der Waals surface area contributed by atoms with Crippen molar-refractivity contribution >= 4 is 5.78 Å². The molecule has 1 atom stereocenters. The number of hydrogen-bond donors (Lipinski definition) is 2. The van der Waals surface area contributed by atoms with Gasteiger partial charge >= 0.3 is 0 Å². The lowest BCUT2D eigenvalue weighted by Gasteiger charge is -1.97. The molecule has 0 bridgehead atoms. The maximum Gasteiger partial charge on any atom is 0.199 e. The number of nitrogens with two attached hydrogens (primary N) is 1. The van der Waals surface area contributed by atoms with E-state index >= 15 is 0 Å². The standard InChI is InChI=1S/C7H11N3O/c1-4-3-6(10-9-4)7(11)5(2)8/h3,5H,8H2,1-2H3,(H,9,10). The second-order valence-electron chi connectivity index (χ2n) is 2.59. The van der Waals surface area contributed by atoms with Crippen molar-refractivity contribution in [1.29, 1.82) is 0 Å². The van der Waals surface area contributed by atoms with Crippen molar-refractivity contribution in [3.8, 4) is 0 Å². The number of carbonyl (C=O) groups excluding carboxylic acids is 1. The van der Waals surface area contributed by atoms with Crippen LogP contribution in [0.25, 0.3) is 0 Å². The lowest BCUT2D eigenvalue weighted by atomic mass is 10.2. The lowest BCUT2D eigenvalue weighted by molar-refractivity contribution is 0.0963. The number of aryl methyl sites for hydroxylation is 1. The third kappa shape index (κ3) is 1.65. The first-order valence-corrected chi connectivity index (χ1v) is 3.43. The number of nitrogens with one attached hydrogen (secondary N) is 1. The molecule has 3 N–H and O–H groups in total. The summed E-state index contributed by atoms with van der Waals surface area (Å²) in [6, 6.07) is 1.21. The molecule has 1 rings (SSSR count). The van der Waals surface area contributed by atoms with Crippen LogP contribution in [0, 0.1) is 6.92 Å². The van der Waals surface area contributed by atoms with Crippen LogP contribution in [0.3, 0.4) is 0 Å². The molecule has 0 aliphatic carbocycles. The zero-order valence-electron chi connectivity index (χ0n) is 6.59. The normalized spacial score (nSPS) is 13.0. The highest BCUT2D eigenvalue weighted by Crippen LogP contribution is 2.00. The highest BCUT2D eigenvalue weighted by molar-refractivity contribution is 5.98. The molecular weight excluding hydrogens is 142 g/mol. The summed E-state index contributed by atoms with van der Waals surface area (Å²) in [5.74, 6) is -0.130. The van der Waals surface area contributed by atoms with Crippen molar-refractivity contribution in [2.75, 3.05) is 0 Å². The molecule has 1 heterocycles. The largest absolute Gasteiger partial charge is 0.321 e. The molecule has 11 heavy (non-hydrogen) atoms. The second-order valence-corrected chi connectivity index (χ2v) is 2.59. The van der Waals surface area contributed by atoms with E-state index in [1.54, 1.807) is 13.0 Å². The summed E-state index contributed by atoms with van der Waals surface area (Å²) < 4.78 is 0. The number of nitrogens with zero attached hydrogens (tertiary/aromatic N) is 1. The van der Waals surface area contributed by atoms with Crippen molar-refractivity contribution < 1.29 is 4.79 Å². The van der Waals surface area contributed by atoms with Gasteiger partial charge in [0, 0.05) is 5.69 Å². The van der Waals surface area contributed by atoms with Crippen LogP contribution in [-0.4, -0.2) is 22.0 Å². The summed E-state index contributed by atoms with van der Waals surface area (Å²) in [7, 11) is 0. The minimum Gasteiger partial charge on any atom is -0.321 e. The van der Waals surface area contributed by atoms with Crippen LogP contribution in [0.1, 0.15) is 23.1 Å². The van der Waals surface area contributed by atoms with E-state index in [-0.39, 0.29) is 5.78 Å². The first-order chi connectivity index (χ1) is 5.11. The first-order valence-electron chi connectivity index (χ1n) is 3.43. The Labute approximate surface area is 64.8 Å². The van der Waals surface area contributed by atoms with Crippen LogP contribution in [0.5, 0.6) is 0 Å². The second kappa shape index (κ2) is 2.84. The molecule has 0 aliphatic heterocycles. The minimum absolute atomic E-state index is 0.130. The van der Waals surface area contributed by atoms with Crippen molar-refractivity contribution in [3.05, 3.63) is 17.5 Å². The SMILES string of the molecule is Cc1cc(C(=O)C(C)N)n[nH]1. The van der Waals surface area contributed by atoms with Gasteiger partial charge in [0.05, 0.1) is 6.04 Å². The molecule has 0 aromatic carbocycles. The van der Waals surface area contributed by atoms with E-state index in [1.165, 1.54) is 0 Å². The van der Waals surface area contributed by atoms with Crippen LogP contribution in [0.4, 0.5) is 0 Å². The predicted molar refractivity (Wildman–Crippen MR) is 41.3 cm³/mol. The number of H-pyrrole nitrogens is 1. The molecular formula is C7H11N3O. The summed E-state index contributed by atoms with van der Waals surface area (Å²) in [4.78, 5) is 11.2. The number of aromatic amines is 1. The number of rotatable bonds is 2. The van der Waals surface area contributed by atoms with Gasteiger partial charge in [-0.2, -0.15) is 5.10 Å². The van der Waals surface area contributed by atoms with Crippen LogP contribution in [-0.2, 0) is 0 Å². The fraction of sp³-hybridized carbons (Fsp3) is 0.429. The summed E-state index contributed by atoms with van der Waals surface area (Å²) in [5, 5.41) is 6.46. The van der Waals surface area contributed by atoms with Crippen LogP contribution in [0.2, 0.25) is 0 Å². The monoisotopic (exact) mass is 153 g/mol. The molecule has 0 amide bonds. The van der Waals surface area contributed by atoms with Crippen LogP contribution < -0.4 is 5.73 Å². The molecule has 0 saturated heterocycles. The van der Waals surface area contributed by atoms with Gasteiger partial charge in [0.1, 0.15) is 5.69 Å². The van der Waals surface area contributed by atoms with E-state index in [9.17, 15) is 4.79 Å². The average Bonchev–Trinajstić information content (AvgIpc) is 2.34. The highest BCUT2D eigenvalue weighted by atomic mass is 16.1. The maximum atomic E-state index is 11.2. The number of ketones is 1. The van der Waals surface area contributed by atoms with E-state index in [4.69, 9.17) is 5.73 Å². The van der Waals surface area contributed by atoms with Gasteiger partial charge in [-0.25, -0.2) is 0 Å². The molecule has 4 nitrogen and oxygen atoms in total. The van der Waals surface area contributed by atoms with Crippen LogP contribution in [0.15, 0.2) is 6.07 Å². The zero-order valence-corrected chi connectivity index (χ0v) is 6.59. The molecule has 1 unspecified atom stereocenters. The van der Waals surface area contributed by atoms with Crippen molar-refractivity contribution in [2.24, 2.45) is 5.73 Å². The molecule has 0 fully saturated rings. The Morgan fingerprint density at radius 1 is 1.82 bits per heavy atom. The fourth-order valence-corrected chi connectivity index (χ4v) is 0.778. The van der Waals surface area contributed by atoms with Gasteiger partial charge in [-0.1, -0.05) is 0 Å². The van der Waals surface area contributed by atoms with Gasteiger partial charge in [-0.3, -0.25) is 9.89 Å². The fourth-order valence-electron chi connectivity index (χ4n) is 0.778. The lowest BCUT2D eigenvalue weighted by Crippen LogP contribution is -2.26. The van der Waals surface area contributed by atoms with E-state index in [1.807, 2.05) is 6.92 Å². The predicted octanol–water partition coefficient (Wildman–Crippen LogP) is 0.248. The molecule has 1 aromatic heterocycles. The molecule has 0 saturated carbocycles. The van der Waals surface area contributed by atoms with Crippen molar-refractivity contribution in [2.45, 2.75) is 19.9 Å². The Hall–Kier alpha value is -1.16. The van der Waals surface area contributed by atoms with Gasteiger partial charge in [0.2, 0.25) is 0 Å². The van der Waals surface area contributed by atoms with E-state index in [2.05, 4.69) is 10.2 Å². The van der Waals surface area contributed by atoms with Crippen LogP contribution >= 0.6 is 0 Å². The minimum atomic E-state index is -0.474. The molecule has 0 radical (unpaired) electrons. The average molecular weight is 153 g/mol. The topological polar surface area (TPSA) is 71.8 Å². The Morgan fingerprint density at radius 2 is 2.45 bits per heavy atom. The third-order valence-electron chi connectivity index (χ3n) is 1.37. The third-order valence-corrected chi connectivity index (χ3v) is 1.37. The summed E-state index contributed by atoms with van der Waals surface area (Å²) in [6.45, 7) is 3.48. The number of aromatic nitrogens is 2. The van der Waals surface area contributed by atoms with E-state index in [0.717, 1.165) is 5.69 Å². The van der Waals surface area contributed by atoms with Gasteiger partial charge in [0.15, 0.2) is 5.78 Å². The Balaban J connectivity index is 2.85. The van der Waals surface area contributed by atoms with Gasteiger partial charge in [-0.05, 0) is 19.9 Å². The summed E-state index contributed by atoms with van der Waals surface area (Å²) >= 11 is 0. The zero-order chi connectivity index (χ0) is 8.43. The molecule has 1 aromatic rings. The van der Waals surface area contributed by atoms with E-state index < -0.39 is 6.04 Å². The molecule has 4 heteroatoms. The van der Waals surface area contributed by atoms with Gasteiger partial charge in [-0.15, -0.1) is 0 Å². The summed E-state index contributed by atoms with van der Waals surface area (Å²) in [6.07, 6.45) is 0. The maximum absolute atomic E-state index is 11.2. The Kier molecular flexibility index (Phi) is 2.05. The number of hydrogen-bond acceptors (Lipinski definition) is 3. The highest BCUT2D eigenvalue weighted by Gasteiger charge is 2.12. The molecule has 0 aliphatic rings. The Bertz CT molecular complexity index is 264. The number of carbonyl (C=O) groups is 1. The molecule has 0 spiro atoms. The van der Waals surface area contributed by atoms with Gasteiger partial charge < -0.3 is 5.73 Å². The number of Topliss-reactive ketones (excluding diaryl/α,β-unsaturated/α-hetero) is 1. The Morgan fingerprint density at radius 3 is 2.82 bits per heavy atom. The summed E-state index contributed by atoms with van der Waals surface area (Å²) in [5.41, 5.74) is 6.66. The molecule has 60 valence electrons. The first kappa shape index (κ1) is 7.94. The van der Waals surface area contributed by atoms with E-state index in [0.29, 0.717) is 5.69 Å². The van der Waals surface area contributed by atoms with Crippen molar-refractivity contribution in [3.63, 3.8) is 0 Å². The smallest absolute Gasteiger partial charge is 0.199 e.